The van der Waals surface area contributed by atoms with Crippen LogP contribution in [0.4, 0.5) is 5.69 Å². The Morgan fingerprint density at radius 1 is 1.17 bits per heavy atom. The van der Waals surface area contributed by atoms with Crippen LogP contribution in [0.1, 0.15) is 41.6 Å². The molecule has 30 heavy (non-hydrogen) atoms. The molecule has 2 heterocycles. The highest BCUT2D eigenvalue weighted by molar-refractivity contribution is 6.01. The number of carbonyl (C=O) groups is 1. The average Bonchev–Trinajstić information content (AvgIpc) is 3.11. The number of benzene rings is 2. The number of rotatable bonds is 5. The summed E-state index contributed by atoms with van der Waals surface area (Å²) in [4.78, 5) is 23.7. The highest BCUT2D eigenvalue weighted by Crippen LogP contribution is 2.42. The van der Waals surface area contributed by atoms with Crippen LogP contribution in [0.2, 0.25) is 0 Å². The molecule has 1 aliphatic rings. The summed E-state index contributed by atoms with van der Waals surface area (Å²) >= 11 is 0. The third-order valence-corrected chi connectivity index (χ3v) is 5.21. The summed E-state index contributed by atoms with van der Waals surface area (Å²) in [6, 6.07) is 14.7. The Bertz CT molecular complexity index is 1070. The van der Waals surface area contributed by atoms with E-state index in [4.69, 9.17) is 9.57 Å². The number of hydrogen-bond donors (Lipinski definition) is 2. The molecule has 0 fully saturated rings. The number of nitrogens with zero attached hydrogens (tertiary/aromatic N) is 1. The summed E-state index contributed by atoms with van der Waals surface area (Å²) < 4.78 is 5.29. The maximum Gasteiger partial charge on any atom is 0.340 e. The number of ether oxygens (including phenoxy) is 1. The second kappa shape index (κ2) is 8.34. The van der Waals surface area contributed by atoms with Gasteiger partial charge in [0.15, 0.2) is 0 Å². The van der Waals surface area contributed by atoms with Crippen molar-refractivity contribution in [3.8, 4) is 22.3 Å². The first-order valence-corrected chi connectivity index (χ1v) is 10.2. The predicted octanol–water partition coefficient (Wildman–Crippen LogP) is 5.01. The molecule has 6 nitrogen and oxygen atoms in total. The first-order chi connectivity index (χ1) is 14.5. The molecular formula is C24H27N3O3. The SMILES string of the molecule is CCOC(=O)c1c[nH]c2c1-c1cc(-c3cccc(CN(C)C)c3)ccc1NOC2C. The van der Waals surface area contributed by atoms with Gasteiger partial charge >= 0.3 is 5.97 Å². The molecule has 1 unspecified atom stereocenters. The third-order valence-electron chi connectivity index (χ3n) is 5.21. The van der Waals surface area contributed by atoms with Gasteiger partial charge in [0.25, 0.3) is 0 Å². The van der Waals surface area contributed by atoms with Gasteiger partial charge in [0.2, 0.25) is 0 Å². The lowest BCUT2D eigenvalue weighted by atomic mass is 9.94. The van der Waals surface area contributed by atoms with E-state index < -0.39 is 0 Å². The average molecular weight is 405 g/mol. The number of nitrogens with one attached hydrogen (secondary N) is 2. The molecule has 3 aromatic rings. The number of aromatic amines is 1. The fraction of sp³-hybridized carbons (Fsp3) is 0.292. The highest BCUT2D eigenvalue weighted by Gasteiger charge is 2.28. The Labute approximate surface area is 176 Å². The number of esters is 1. The van der Waals surface area contributed by atoms with Gasteiger partial charge in [-0.1, -0.05) is 24.3 Å². The molecule has 0 radical (unpaired) electrons. The Hall–Kier alpha value is -3.09. The fourth-order valence-electron chi connectivity index (χ4n) is 3.86. The summed E-state index contributed by atoms with van der Waals surface area (Å²) in [5, 5.41) is 0. The van der Waals surface area contributed by atoms with Crippen LogP contribution in [-0.2, 0) is 16.1 Å². The van der Waals surface area contributed by atoms with Crippen LogP contribution in [0.25, 0.3) is 22.3 Å². The summed E-state index contributed by atoms with van der Waals surface area (Å²) in [7, 11) is 4.12. The van der Waals surface area contributed by atoms with Crippen molar-refractivity contribution in [1.82, 2.24) is 9.88 Å². The molecule has 1 aliphatic heterocycles. The molecule has 156 valence electrons. The normalized spacial score (nSPS) is 15.2. The molecule has 0 bridgehead atoms. The Morgan fingerprint density at radius 2 is 1.97 bits per heavy atom. The molecule has 1 atom stereocenters. The standard InChI is InChI=1S/C24H27N3O3/c1-5-29-24(28)20-13-25-23-15(2)30-26-21-10-9-18(12-19(21)22(20)23)17-8-6-7-16(11-17)14-27(3)4/h6-13,15,25-26H,5,14H2,1-4H3. The lowest BCUT2D eigenvalue weighted by Gasteiger charge is -2.13. The number of hydrogen-bond acceptors (Lipinski definition) is 5. The van der Waals surface area contributed by atoms with Crippen molar-refractivity contribution in [1.29, 1.82) is 0 Å². The Morgan fingerprint density at radius 3 is 2.73 bits per heavy atom. The van der Waals surface area contributed by atoms with E-state index >= 15 is 0 Å². The van der Waals surface area contributed by atoms with Crippen LogP contribution in [0, 0.1) is 0 Å². The smallest absolute Gasteiger partial charge is 0.340 e. The van der Waals surface area contributed by atoms with Gasteiger partial charge in [-0.3, -0.25) is 10.3 Å². The first kappa shape index (κ1) is 20.2. The van der Waals surface area contributed by atoms with Crippen molar-refractivity contribution in [2.75, 3.05) is 26.2 Å². The number of fused-ring (bicyclic) bond motifs is 3. The zero-order chi connectivity index (χ0) is 21.3. The van der Waals surface area contributed by atoms with Crippen LogP contribution < -0.4 is 5.48 Å². The molecule has 0 saturated carbocycles. The molecular weight excluding hydrogens is 378 g/mol. The van der Waals surface area contributed by atoms with Crippen LogP contribution in [0.5, 0.6) is 0 Å². The van der Waals surface area contributed by atoms with E-state index in [9.17, 15) is 4.79 Å². The van der Waals surface area contributed by atoms with Gasteiger partial charge in [0.05, 0.1) is 23.6 Å². The molecule has 4 rings (SSSR count). The number of carbonyl (C=O) groups excluding carboxylic acids is 1. The molecule has 1 aromatic heterocycles. The molecule has 2 N–H and O–H groups in total. The molecule has 0 spiro atoms. The summed E-state index contributed by atoms with van der Waals surface area (Å²) in [5.41, 5.74) is 10.4. The minimum atomic E-state index is -0.339. The van der Waals surface area contributed by atoms with E-state index in [1.165, 1.54) is 5.56 Å². The van der Waals surface area contributed by atoms with Crippen molar-refractivity contribution in [2.24, 2.45) is 0 Å². The number of H-pyrrole nitrogens is 1. The summed E-state index contributed by atoms with van der Waals surface area (Å²) in [6.07, 6.45) is 1.46. The van der Waals surface area contributed by atoms with E-state index in [1.54, 1.807) is 6.20 Å². The topological polar surface area (TPSA) is 66.6 Å². The Balaban J connectivity index is 1.83. The van der Waals surface area contributed by atoms with Gasteiger partial charge in [-0.2, -0.15) is 0 Å². The zero-order valence-electron chi connectivity index (χ0n) is 17.8. The minimum Gasteiger partial charge on any atom is -0.462 e. The van der Waals surface area contributed by atoms with Gasteiger partial charge in [0.1, 0.15) is 6.10 Å². The molecule has 0 amide bonds. The van der Waals surface area contributed by atoms with E-state index in [1.807, 2.05) is 19.9 Å². The summed E-state index contributed by atoms with van der Waals surface area (Å²) in [6.45, 7) is 4.95. The maximum absolute atomic E-state index is 12.6. The van der Waals surface area contributed by atoms with Gasteiger partial charge in [-0.25, -0.2) is 4.79 Å². The van der Waals surface area contributed by atoms with E-state index in [-0.39, 0.29) is 12.1 Å². The van der Waals surface area contributed by atoms with E-state index in [0.29, 0.717) is 12.2 Å². The molecule has 0 saturated heterocycles. The first-order valence-electron chi connectivity index (χ1n) is 10.2. The second-order valence-corrected chi connectivity index (χ2v) is 7.77. The Kier molecular flexibility index (Phi) is 5.61. The van der Waals surface area contributed by atoms with Gasteiger partial charge in [-0.15, -0.1) is 0 Å². The minimum absolute atomic E-state index is 0.248. The van der Waals surface area contributed by atoms with Gasteiger partial charge in [-0.05, 0) is 62.8 Å². The lowest BCUT2D eigenvalue weighted by molar-refractivity contribution is 0.0527. The molecule has 2 aromatic carbocycles. The van der Waals surface area contributed by atoms with Crippen LogP contribution in [0.15, 0.2) is 48.7 Å². The summed E-state index contributed by atoms with van der Waals surface area (Å²) in [5.74, 6) is -0.339. The van der Waals surface area contributed by atoms with E-state index in [0.717, 1.165) is 40.2 Å². The second-order valence-electron chi connectivity index (χ2n) is 7.77. The lowest BCUT2D eigenvalue weighted by Crippen LogP contribution is -2.10. The van der Waals surface area contributed by atoms with E-state index in [2.05, 4.69) is 65.9 Å². The van der Waals surface area contributed by atoms with Crippen molar-refractivity contribution < 1.29 is 14.4 Å². The predicted molar refractivity (Wildman–Crippen MR) is 118 cm³/mol. The fourth-order valence-corrected chi connectivity index (χ4v) is 3.86. The van der Waals surface area contributed by atoms with Crippen molar-refractivity contribution in [3.63, 3.8) is 0 Å². The number of anilines is 1. The van der Waals surface area contributed by atoms with Crippen LogP contribution in [-0.4, -0.2) is 36.6 Å². The van der Waals surface area contributed by atoms with Gasteiger partial charge < -0.3 is 14.6 Å². The largest absolute Gasteiger partial charge is 0.462 e. The van der Waals surface area contributed by atoms with Gasteiger partial charge in [0, 0.05) is 23.9 Å². The van der Waals surface area contributed by atoms with Crippen molar-refractivity contribution in [3.05, 3.63) is 65.5 Å². The molecule has 0 aliphatic carbocycles. The highest BCUT2D eigenvalue weighted by atomic mass is 16.7. The monoisotopic (exact) mass is 405 g/mol. The molecule has 6 heteroatoms. The zero-order valence-corrected chi connectivity index (χ0v) is 17.8. The third kappa shape index (κ3) is 3.84. The van der Waals surface area contributed by atoms with Crippen LogP contribution in [0.3, 0.4) is 0 Å². The maximum atomic E-state index is 12.6. The number of aromatic nitrogens is 1. The van der Waals surface area contributed by atoms with Crippen molar-refractivity contribution in [2.45, 2.75) is 26.5 Å². The quantitative estimate of drug-likeness (QED) is 0.585. The van der Waals surface area contributed by atoms with Crippen LogP contribution >= 0.6 is 0 Å². The van der Waals surface area contributed by atoms with Crippen molar-refractivity contribution >= 4 is 11.7 Å².